The van der Waals surface area contributed by atoms with Crippen molar-refractivity contribution in [3.05, 3.63) is 60.4 Å². The summed E-state index contributed by atoms with van der Waals surface area (Å²) in [6, 6.07) is 8.00. The van der Waals surface area contributed by atoms with Crippen molar-refractivity contribution in [1.82, 2.24) is 29.7 Å². The van der Waals surface area contributed by atoms with E-state index in [1.54, 1.807) is 49.3 Å². The monoisotopic (exact) mass is 447 g/mol. The lowest BCUT2D eigenvalue weighted by molar-refractivity contribution is -0.141. The van der Waals surface area contributed by atoms with E-state index in [-0.39, 0.29) is 17.5 Å². The topological polar surface area (TPSA) is 85.8 Å². The van der Waals surface area contributed by atoms with Gasteiger partial charge >= 0.3 is 6.18 Å². The molecule has 0 fully saturated rings. The van der Waals surface area contributed by atoms with Gasteiger partial charge in [-0.2, -0.15) is 13.2 Å². The van der Waals surface area contributed by atoms with Crippen LogP contribution in [0.3, 0.4) is 0 Å². The smallest absolute Gasteiger partial charge is 0.433 e. The molecule has 4 rings (SSSR count). The molecule has 0 unspecified atom stereocenters. The van der Waals surface area contributed by atoms with Crippen molar-refractivity contribution in [2.75, 3.05) is 19.0 Å². The van der Waals surface area contributed by atoms with E-state index in [0.717, 1.165) is 17.8 Å². The first kappa shape index (κ1) is 20.8. The summed E-state index contributed by atoms with van der Waals surface area (Å²) in [5.74, 6) is 1.26. The minimum atomic E-state index is -4.61. The molecule has 4 aromatic rings. The molecule has 0 saturated heterocycles. The summed E-state index contributed by atoms with van der Waals surface area (Å²) in [6.07, 6.45) is 0.189. The van der Waals surface area contributed by atoms with E-state index < -0.39 is 11.9 Å². The molecule has 0 amide bonds. The molecule has 4 heterocycles. The number of hydrogen-bond acceptors (Lipinski definition) is 8. The second-order valence-corrected chi connectivity index (χ2v) is 7.54. The molecule has 8 nitrogen and oxygen atoms in total. The van der Waals surface area contributed by atoms with E-state index in [0.29, 0.717) is 22.3 Å². The summed E-state index contributed by atoms with van der Waals surface area (Å²) in [5.41, 5.74) is -0.328. The Hall–Kier alpha value is -3.41. The Kier molecular flexibility index (Phi) is 5.63. The van der Waals surface area contributed by atoms with Crippen molar-refractivity contribution in [2.45, 2.75) is 23.0 Å². The Bertz CT molecular complexity index is 1160. The van der Waals surface area contributed by atoms with Gasteiger partial charge in [0.25, 0.3) is 0 Å². The van der Waals surface area contributed by atoms with Gasteiger partial charge in [0.1, 0.15) is 11.6 Å². The Morgan fingerprint density at radius 2 is 1.97 bits per heavy atom. The molecule has 160 valence electrons. The maximum Gasteiger partial charge on any atom is 0.433 e. The highest BCUT2D eigenvalue weighted by Crippen LogP contribution is 2.34. The van der Waals surface area contributed by atoms with Gasteiger partial charge in [0, 0.05) is 38.1 Å². The minimum absolute atomic E-state index is 0.0932. The molecule has 0 atom stereocenters. The molecular formula is C19H16F3N7OS. The molecular weight excluding hydrogens is 431 g/mol. The first-order chi connectivity index (χ1) is 14.8. The number of aromatic nitrogens is 6. The Morgan fingerprint density at radius 3 is 2.61 bits per heavy atom. The molecule has 31 heavy (non-hydrogen) atoms. The van der Waals surface area contributed by atoms with E-state index in [9.17, 15) is 13.2 Å². The second-order valence-electron chi connectivity index (χ2n) is 6.60. The zero-order valence-electron chi connectivity index (χ0n) is 16.4. The quantitative estimate of drug-likeness (QED) is 0.410. The molecule has 0 bridgehead atoms. The van der Waals surface area contributed by atoms with Gasteiger partial charge in [0.05, 0.1) is 12.8 Å². The average molecular weight is 447 g/mol. The molecule has 0 saturated carbocycles. The summed E-state index contributed by atoms with van der Waals surface area (Å²) < 4.78 is 47.2. The van der Waals surface area contributed by atoms with Crippen molar-refractivity contribution in [1.29, 1.82) is 0 Å². The molecule has 0 aromatic carbocycles. The number of nitrogens with zero attached hydrogens (tertiary/aromatic N) is 7. The lowest BCUT2D eigenvalue weighted by Crippen LogP contribution is -2.16. The van der Waals surface area contributed by atoms with Crippen LogP contribution in [-0.4, -0.2) is 43.8 Å². The number of hydrogen-bond donors (Lipinski definition) is 0. The standard InChI is InChI=1S/C19H16F3N7OS/c1-28(2)15-9-14(19(20,21)22)24-17(25-15)31-18-27-26-16(12-5-3-7-23-10-12)29(18)11-13-6-4-8-30-13/h3-10H,11H2,1-2H3. The van der Waals surface area contributed by atoms with Crippen molar-refractivity contribution >= 4 is 17.6 Å². The summed E-state index contributed by atoms with van der Waals surface area (Å²) in [4.78, 5) is 13.5. The van der Waals surface area contributed by atoms with Crippen LogP contribution in [0.2, 0.25) is 0 Å². The predicted octanol–water partition coefficient (Wildman–Crippen LogP) is 4.01. The van der Waals surface area contributed by atoms with Crippen LogP contribution in [0.15, 0.2) is 63.7 Å². The Labute approximate surface area is 179 Å². The van der Waals surface area contributed by atoms with Crippen LogP contribution in [0, 0.1) is 0 Å². The Morgan fingerprint density at radius 1 is 1.13 bits per heavy atom. The zero-order valence-corrected chi connectivity index (χ0v) is 17.2. The number of rotatable bonds is 6. The summed E-state index contributed by atoms with van der Waals surface area (Å²) >= 11 is 0.892. The molecule has 0 N–H and O–H groups in total. The molecule has 4 aromatic heterocycles. The Balaban J connectivity index is 1.76. The van der Waals surface area contributed by atoms with Crippen LogP contribution in [0.5, 0.6) is 0 Å². The fourth-order valence-corrected chi connectivity index (χ4v) is 3.48. The molecule has 0 spiro atoms. The van der Waals surface area contributed by atoms with Crippen molar-refractivity contribution in [2.24, 2.45) is 0 Å². The summed E-state index contributed by atoms with van der Waals surface area (Å²) in [6.45, 7) is 0.270. The van der Waals surface area contributed by atoms with Crippen LogP contribution >= 0.6 is 11.8 Å². The van der Waals surface area contributed by atoms with Gasteiger partial charge in [0.15, 0.2) is 21.8 Å². The van der Waals surface area contributed by atoms with E-state index in [1.165, 1.54) is 11.2 Å². The number of pyridine rings is 1. The third kappa shape index (κ3) is 4.68. The fraction of sp³-hybridized carbons (Fsp3) is 0.211. The largest absolute Gasteiger partial charge is 0.467 e. The fourth-order valence-electron chi connectivity index (χ4n) is 2.69. The lowest BCUT2D eigenvalue weighted by atomic mass is 10.2. The summed E-state index contributed by atoms with van der Waals surface area (Å²) in [7, 11) is 3.22. The van der Waals surface area contributed by atoms with Crippen LogP contribution in [0.4, 0.5) is 19.0 Å². The van der Waals surface area contributed by atoms with Crippen LogP contribution in [-0.2, 0) is 12.7 Å². The number of furan rings is 1. The van der Waals surface area contributed by atoms with E-state index in [1.807, 2.05) is 6.07 Å². The van der Waals surface area contributed by atoms with Gasteiger partial charge < -0.3 is 9.32 Å². The van der Waals surface area contributed by atoms with E-state index in [4.69, 9.17) is 4.42 Å². The first-order valence-electron chi connectivity index (χ1n) is 8.98. The lowest BCUT2D eigenvalue weighted by Gasteiger charge is -2.15. The average Bonchev–Trinajstić information content (AvgIpc) is 3.39. The van der Waals surface area contributed by atoms with Crippen molar-refractivity contribution in [3.63, 3.8) is 0 Å². The van der Waals surface area contributed by atoms with Gasteiger partial charge in [-0.1, -0.05) is 0 Å². The third-order valence-corrected chi connectivity index (χ3v) is 5.00. The zero-order chi connectivity index (χ0) is 22.0. The number of anilines is 1. The number of alkyl halides is 3. The van der Waals surface area contributed by atoms with Gasteiger partial charge in [-0.15, -0.1) is 10.2 Å². The molecule has 12 heteroatoms. The highest BCUT2D eigenvalue weighted by Gasteiger charge is 2.34. The molecule has 0 aliphatic heterocycles. The van der Waals surface area contributed by atoms with Gasteiger partial charge in [-0.3, -0.25) is 9.55 Å². The van der Waals surface area contributed by atoms with Crippen LogP contribution in [0.25, 0.3) is 11.4 Å². The predicted molar refractivity (Wildman–Crippen MR) is 107 cm³/mol. The minimum Gasteiger partial charge on any atom is -0.467 e. The van der Waals surface area contributed by atoms with E-state index >= 15 is 0 Å². The SMILES string of the molecule is CN(C)c1cc(C(F)(F)F)nc(Sc2nnc(-c3cccnc3)n2Cc2ccco2)n1. The maximum absolute atomic E-state index is 13.3. The van der Waals surface area contributed by atoms with Crippen molar-refractivity contribution < 1.29 is 17.6 Å². The maximum atomic E-state index is 13.3. The van der Waals surface area contributed by atoms with Crippen molar-refractivity contribution in [3.8, 4) is 11.4 Å². The van der Waals surface area contributed by atoms with E-state index in [2.05, 4.69) is 25.1 Å². The normalized spacial score (nSPS) is 11.6. The van der Waals surface area contributed by atoms with Crippen LogP contribution in [0.1, 0.15) is 11.5 Å². The van der Waals surface area contributed by atoms with Gasteiger partial charge in [-0.25, -0.2) is 9.97 Å². The highest BCUT2D eigenvalue weighted by molar-refractivity contribution is 7.99. The molecule has 0 radical (unpaired) electrons. The van der Waals surface area contributed by atoms with Gasteiger partial charge in [-0.05, 0) is 36.0 Å². The van der Waals surface area contributed by atoms with Gasteiger partial charge in [0.2, 0.25) is 0 Å². The highest BCUT2D eigenvalue weighted by atomic mass is 32.2. The second kappa shape index (κ2) is 8.38. The number of halogens is 3. The molecule has 0 aliphatic rings. The first-order valence-corrected chi connectivity index (χ1v) is 9.80. The molecule has 0 aliphatic carbocycles. The third-order valence-electron chi connectivity index (χ3n) is 4.15. The van der Waals surface area contributed by atoms with Crippen LogP contribution < -0.4 is 4.90 Å². The summed E-state index contributed by atoms with van der Waals surface area (Å²) in [5, 5.41) is 8.61.